The molecule has 0 aliphatic heterocycles. The van der Waals surface area contributed by atoms with Gasteiger partial charge in [0.25, 0.3) is 11.5 Å². The molecule has 0 radical (unpaired) electrons. The number of halogens is 1. The van der Waals surface area contributed by atoms with E-state index in [1.165, 1.54) is 18.0 Å². The average Bonchev–Trinajstić information content (AvgIpc) is 2.92. The van der Waals surface area contributed by atoms with Crippen LogP contribution in [0.1, 0.15) is 43.1 Å². The maximum Gasteiger partial charge on any atom is 0.282 e. The van der Waals surface area contributed by atoms with E-state index in [4.69, 9.17) is 14.5 Å². The summed E-state index contributed by atoms with van der Waals surface area (Å²) < 4.78 is 13.5. The molecule has 8 nitrogen and oxygen atoms in total. The van der Waals surface area contributed by atoms with Crippen LogP contribution in [-0.2, 0) is 4.79 Å². The highest BCUT2D eigenvalue weighted by Crippen LogP contribution is 2.30. The molecule has 0 unspecified atom stereocenters. The number of amides is 1. The van der Waals surface area contributed by atoms with Crippen molar-refractivity contribution in [3.8, 4) is 11.5 Å². The highest BCUT2D eigenvalue weighted by molar-refractivity contribution is 9.10. The monoisotopic (exact) mass is 576 g/mol. The Bertz CT molecular complexity index is 1550. The van der Waals surface area contributed by atoms with Crippen LogP contribution >= 0.6 is 15.9 Å². The lowest BCUT2D eigenvalue weighted by Crippen LogP contribution is -2.24. The number of rotatable bonds is 9. The number of hydrogen-bond acceptors (Lipinski definition) is 6. The normalized spacial score (nSPS) is 12.0. The molecule has 0 aliphatic carbocycles. The van der Waals surface area contributed by atoms with Gasteiger partial charge in [0.1, 0.15) is 5.82 Å². The molecule has 1 heterocycles. The van der Waals surface area contributed by atoms with Crippen molar-refractivity contribution >= 4 is 44.6 Å². The first-order chi connectivity index (χ1) is 18.3. The fraction of sp³-hybridized carbons (Fsp3) is 0.241. The van der Waals surface area contributed by atoms with E-state index in [2.05, 4.69) is 26.3 Å². The largest absolute Gasteiger partial charge is 0.493 e. The summed E-state index contributed by atoms with van der Waals surface area (Å²) in [7, 11) is 1.52. The highest BCUT2D eigenvalue weighted by Gasteiger charge is 2.17. The molecule has 1 atom stereocenters. The summed E-state index contributed by atoms with van der Waals surface area (Å²) in [5.41, 5.74) is 2.67. The van der Waals surface area contributed by atoms with E-state index in [9.17, 15) is 9.59 Å². The Morgan fingerprint density at radius 3 is 2.66 bits per heavy atom. The van der Waals surface area contributed by atoms with E-state index in [0.29, 0.717) is 39.5 Å². The summed E-state index contributed by atoms with van der Waals surface area (Å²) in [6.07, 6.45) is 2.31. The first-order valence-corrected chi connectivity index (χ1v) is 13.0. The number of nitrogens with one attached hydrogen (secondary N) is 1. The van der Waals surface area contributed by atoms with E-state index in [-0.39, 0.29) is 24.0 Å². The van der Waals surface area contributed by atoms with Crippen molar-refractivity contribution in [3.63, 3.8) is 0 Å². The first-order valence-electron chi connectivity index (χ1n) is 12.2. The zero-order valence-corrected chi connectivity index (χ0v) is 23.3. The van der Waals surface area contributed by atoms with E-state index in [1.807, 2.05) is 57.2 Å². The van der Waals surface area contributed by atoms with Gasteiger partial charge in [-0.3, -0.25) is 9.59 Å². The number of ether oxygens (including phenoxy) is 2. The fourth-order valence-electron chi connectivity index (χ4n) is 3.82. The van der Waals surface area contributed by atoms with Crippen LogP contribution in [0.5, 0.6) is 11.5 Å². The molecule has 0 fully saturated rings. The fourth-order valence-corrected chi connectivity index (χ4v) is 4.18. The van der Waals surface area contributed by atoms with Crippen LogP contribution in [0.4, 0.5) is 5.69 Å². The molecule has 1 N–H and O–H groups in total. The van der Waals surface area contributed by atoms with Crippen molar-refractivity contribution in [1.29, 1.82) is 0 Å². The molecule has 1 amide bonds. The van der Waals surface area contributed by atoms with Gasteiger partial charge < -0.3 is 14.8 Å². The Balaban J connectivity index is 1.66. The van der Waals surface area contributed by atoms with E-state index < -0.39 is 0 Å². The molecule has 0 saturated heterocycles. The number of fused-ring (bicyclic) bond motifs is 1. The van der Waals surface area contributed by atoms with Gasteiger partial charge in [0, 0.05) is 21.6 Å². The molecule has 0 bridgehead atoms. The van der Waals surface area contributed by atoms with Gasteiger partial charge in [-0.2, -0.15) is 9.78 Å². The second kappa shape index (κ2) is 12.0. The maximum absolute atomic E-state index is 13.4. The molecule has 3 aromatic carbocycles. The van der Waals surface area contributed by atoms with Crippen molar-refractivity contribution in [2.24, 2.45) is 5.10 Å². The predicted octanol–water partition coefficient (Wildman–Crippen LogP) is 5.89. The van der Waals surface area contributed by atoms with Crippen molar-refractivity contribution in [3.05, 3.63) is 92.4 Å². The molecular weight excluding hydrogens is 548 g/mol. The van der Waals surface area contributed by atoms with Crippen molar-refractivity contribution in [1.82, 2.24) is 9.66 Å². The Hall–Kier alpha value is -3.98. The van der Waals surface area contributed by atoms with Gasteiger partial charge in [-0.25, -0.2) is 4.98 Å². The second-order valence-corrected chi connectivity index (χ2v) is 9.80. The molecule has 4 aromatic rings. The van der Waals surface area contributed by atoms with Crippen LogP contribution in [0.2, 0.25) is 0 Å². The summed E-state index contributed by atoms with van der Waals surface area (Å²) >= 11 is 3.43. The number of nitrogens with zero attached hydrogens (tertiary/aromatic N) is 3. The number of carbonyl (C=O) groups excluding carboxylic acids is 1. The van der Waals surface area contributed by atoms with E-state index in [0.717, 1.165) is 16.5 Å². The summed E-state index contributed by atoms with van der Waals surface area (Å²) in [6, 6.07) is 18.2. The van der Waals surface area contributed by atoms with Crippen LogP contribution < -0.4 is 20.3 Å². The molecule has 38 heavy (non-hydrogen) atoms. The number of hydrogen-bond donors (Lipinski definition) is 1. The Morgan fingerprint density at radius 2 is 1.95 bits per heavy atom. The molecular formula is C29H29BrN4O4. The van der Waals surface area contributed by atoms with E-state index in [1.54, 1.807) is 24.3 Å². The molecule has 0 aliphatic rings. The molecule has 196 valence electrons. The molecule has 4 rings (SSSR count). The van der Waals surface area contributed by atoms with Crippen molar-refractivity contribution < 1.29 is 14.3 Å². The first kappa shape index (κ1) is 27.1. The number of benzene rings is 3. The smallest absolute Gasteiger partial charge is 0.282 e. The molecule has 0 spiro atoms. The van der Waals surface area contributed by atoms with Gasteiger partial charge in [0.05, 0.1) is 24.2 Å². The summed E-state index contributed by atoms with van der Waals surface area (Å²) in [5, 5.41) is 7.80. The SMILES string of the molecule is CC[C@@H](C)c1nc2ccc(Br)cc2c(=O)n1N=Cc1cccc(OC)c1OCC(=O)Nc1ccc(C)cc1. The van der Waals surface area contributed by atoms with Crippen molar-refractivity contribution in [2.75, 3.05) is 19.0 Å². The number of methoxy groups -OCH3 is 1. The van der Waals surface area contributed by atoms with Crippen molar-refractivity contribution in [2.45, 2.75) is 33.1 Å². The minimum absolute atomic E-state index is 0.000559. The third-order valence-corrected chi connectivity index (χ3v) is 6.60. The van der Waals surface area contributed by atoms with Crippen LogP contribution in [-0.4, -0.2) is 35.5 Å². The van der Waals surface area contributed by atoms with Crippen LogP contribution in [0.25, 0.3) is 10.9 Å². The lowest BCUT2D eigenvalue weighted by Gasteiger charge is -2.15. The quantitative estimate of drug-likeness (QED) is 0.251. The van der Waals surface area contributed by atoms with Gasteiger partial charge in [0.15, 0.2) is 18.1 Å². The van der Waals surface area contributed by atoms with Gasteiger partial charge in [-0.1, -0.05) is 53.5 Å². The van der Waals surface area contributed by atoms with Gasteiger partial charge >= 0.3 is 0 Å². The van der Waals surface area contributed by atoms with Gasteiger partial charge in [0.2, 0.25) is 0 Å². The number of carbonyl (C=O) groups is 1. The summed E-state index contributed by atoms with van der Waals surface area (Å²) in [5.74, 6) is 1.02. The number of aryl methyl sites for hydroxylation is 1. The van der Waals surface area contributed by atoms with Gasteiger partial charge in [-0.15, -0.1) is 0 Å². The summed E-state index contributed by atoms with van der Waals surface area (Å²) in [4.78, 5) is 30.7. The summed E-state index contributed by atoms with van der Waals surface area (Å²) in [6.45, 7) is 5.78. The van der Waals surface area contributed by atoms with E-state index >= 15 is 0 Å². The third-order valence-electron chi connectivity index (χ3n) is 6.11. The minimum atomic E-state index is -0.317. The minimum Gasteiger partial charge on any atom is -0.493 e. The maximum atomic E-state index is 13.4. The zero-order valence-electron chi connectivity index (χ0n) is 21.7. The Morgan fingerprint density at radius 1 is 1.18 bits per heavy atom. The van der Waals surface area contributed by atoms with Crippen LogP contribution in [0.15, 0.2) is 75.0 Å². The topological polar surface area (TPSA) is 94.8 Å². The van der Waals surface area contributed by atoms with Crippen LogP contribution in [0, 0.1) is 6.92 Å². The predicted molar refractivity (Wildman–Crippen MR) is 154 cm³/mol. The lowest BCUT2D eigenvalue weighted by molar-refractivity contribution is -0.118. The Kier molecular flexibility index (Phi) is 8.58. The Labute approximate surface area is 229 Å². The number of aromatic nitrogens is 2. The average molecular weight is 577 g/mol. The van der Waals surface area contributed by atoms with Gasteiger partial charge in [-0.05, 0) is 55.8 Å². The highest BCUT2D eigenvalue weighted by atomic mass is 79.9. The zero-order chi connectivity index (χ0) is 27.2. The standard InChI is InChI=1S/C29H29BrN4O4/c1-5-19(3)28-33-24-14-11-21(30)15-23(24)29(36)34(28)31-16-20-7-6-8-25(37-4)27(20)38-17-26(35)32-22-12-9-18(2)10-13-22/h6-16,19H,5,17H2,1-4H3,(H,32,35)/t19-/m1/s1. The third kappa shape index (κ3) is 6.11. The number of anilines is 1. The lowest BCUT2D eigenvalue weighted by atomic mass is 10.1. The number of para-hydroxylation sites is 1. The molecule has 9 heteroatoms. The molecule has 0 saturated carbocycles. The van der Waals surface area contributed by atoms with Crippen LogP contribution in [0.3, 0.4) is 0 Å². The second-order valence-electron chi connectivity index (χ2n) is 8.88. The molecule has 1 aromatic heterocycles.